The van der Waals surface area contributed by atoms with Gasteiger partial charge < -0.3 is 14.3 Å². The summed E-state index contributed by atoms with van der Waals surface area (Å²) < 4.78 is 5.62. The highest BCUT2D eigenvalue weighted by molar-refractivity contribution is 5.82. The summed E-state index contributed by atoms with van der Waals surface area (Å²) in [7, 11) is 3.85. The van der Waals surface area contributed by atoms with E-state index in [1.54, 1.807) is 0 Å². The van der Waals surface area contributed by atoms with Crippen LogP contribution in [0.25, 0.3) is 11.3 Å². The lowest BCUT2D eigenvalue weighted by Gasteiger charge is -2.36. The number of carbonyl (C=O) groups excluding carboxylic acids is 1. The molecule has 1 aliphatic carbocycles. The van der Waals surface area contributed by atoms with Crippen molar-refractivity contribution in [3.8, 4) is 11.3 Å². The van der Waals surface area contributed by atoms with E-state index in [1.807, 2.05) is 43.9 Å². The Balaban J connectivity index is 1.81. The van der Waals surface area contributed by atoms with Gasteiger partial charge in [-0.05, 0) is 46.0 Å². The third kappa shape index (κ3) is 3.31. The van der Waals surface area contributed by atoms with Crippen LogP contribution in [0.5, 0.6) is 0 Å². The Bertz CT molecular complexity index is 856. The van der Waals surface area contributed by atoms with Crippen molar-refractivity contribution in [2.24, 2.45) is 5.92 Å². The van der Waals surface area contributed by atoms with Crippen molar-refractivity contribution >= 4 is 11.9 Å². The monoisotopic (exact) mass is 369 g/mol. The minimum Gasteiger partial charge on any atom is -0.356 e. The largest absolute Gasteiger partial charge is 0.356 e. The van der Waals surface area contributed by atoms with Crippen LogP contribution in [0.4, 0.5) is 5.95 Å². The summed E-state index contributed by atoms with van der Waals surface area (Å²) in [6.07, 6.45) is 6.91. The quantitative estimate of drug-likeness (QED) is 0.823. The molecule has 4 rings (SSSR count). The number of likely N-dealkylation sites (tertiary alicyclic amines) is 1. The fraction of sp³-hybridized carbons (Fsp3) is 0.600. The molecule has 0 unspecified atom stereocenters. The van der Waals surface area contributed by atoms with Crippen LogP contribution in [0, 0.1) is 19.8 Å². The van der Waals surface area contributed by atoms with E-state index in [0.29, 0.717) is 11.7 Å². The average Bonchev–Trinajstić information content (AvgIpc) is 3.47. The van der Waals surface area contributed by atoms with Crippen LogP contribution in [-0.2, 0) is 4.79 Å². The highest BCUT2D eigenvalue weighted by Gasteiger charge is 2.39. The minimum absolute atomic E-state index is 0.0339. The number of hydrogen-bond donors (Lipinski definition) is 0. The van der Waals surface area contributed by atoms with Crippen LogP contribution in [0.1, 0.15) is 55.1 Å². The van der Waals surface area contributed by atoms with Gasteiger partial charge in [0.25, 0.3) is 0 Å². The van der Waals surface area contributed by atoms with Crippen molar-refractivity contribution in [1.82, 2.24) is 20.0 Å². The molecule has 1 amide bonds. The van der Waals surface area contributed by atoms with Crippen LogP contribution >= 0.6 is 0 Å². The number of aromatic nitrogens is 3. The normalized spacial score (nSPS) is 20.0. The van der Waals surface area contributed by atoms with Crippen molar-refractivity contribution in [2.75, 3.05) is 25.5 Å². The summed E-state index contributed by atoms with van der Waals surface area (Å²) in [6.45, 7) is 4.73. The zero-order chi connectivity index (χ0) is 19.1. The Morgan fingerprint density at radius 3 is 2.63 bits per heavy atom. The van der Waals surface area contributed by atoms with Gasteiger partial charge in [0.05, 0.1) is 23.0 Å². The molecular formula is C20H27N5O2. The van der Waals surface area contributed by atoms with Gasteiger partial charge in [0, 0.05) is 38.3 Å². The first-order valence-corrected chi connectivity index (χ1v) is 9.75. The molecule has 144 valence electrons. The Labute approximate surface area is 159 Å². The molecule has 7 heteroatoms. The Hall–Kier alpha value is -2.44. The summed E-state index contributed by atoms with van der Waals surface area (Å²) in [6, 6.07) is -0.0339. The molecule has 2 aromatic rings. The van der Waals surface area contributed by atoms with E-state index in [0.717, 1.165) is 61.2 Å². The number of amides is 1. The van der Waals surface area contributed by atoms with Gasteiger partial charge in [0.1, 0.15) is 0 Å². The van der Waals surface area contributed by atoms with Gasteiger partial charge >= 0.3 is 0 Å². The van der Waals surface area contributed by atoms with Gasteiger partial charge in [-0.25, -0.2) is 9.97 Å². The number of piperidine rings is 1. The molecule has 0 aromatic carbocycles. The zero-order valence-electron chi connectivity index (χ0n) is 16.5. The molecule has 2 fully saturated rings. The van der Waals surface area contributed by atoms with E-state index in [4.69, 9.17) is 9.51 Å². The van der Waals surface area contributed by atoms with Crippen molar-refractivity contribution in [2.45, 2.75) is 52.0 Å². The van der Waals surface area contributed by atoms with Gasteiger partial charge in [-0.2, -0.15) is 0 Å². The second kappa shape index (κ2) is 6.94. The summed E-state index contributed by atoms with van der Waals surface area (Å²) in [4.78, 5) is 26.2. The topological polar surface area (TPSA) is 75.4 Å². The first-order chi connectivity index (χ1) is 13.0. The Kier molecular flexibility index (Phi) is 4.61. The van der Waals surface area contributed by atoms with E-state index in [9.17, 15) is 4.79 Å². The number of rotatable bonds is 4. The lowest BCUT2D eigenvalue weighted by molar-refractivity contribution is -0.136. The molecule has 3 heterocycles. The molecular weight excluding hydrogens is 342 g/mol. The number of anilines is 1. The molecule has 2 aromatic heterocycles. The highest BCUT2D eigenvalue weighted by atomic mass is 16.5. The SMILES string of the molecule is Cc1noc(-c2cnc(N(C)C)nc2[C@H]2CCCCN2C(=O)C2CC2)c1C. The van der Waals surface area contributed by atoms with Crippen LogP contribution in [0.15, 0.2) is 10.7 Å². The summed E-state index contributed by atoms with van der Waals surface area (Å²) in [5.41, 5.74) is 3.58. The predicted octanol–water partition coefficient (Wildman–Crippen LogP) is 3.28. The van der Waals surface area contributed by atoms with Gasteiger partial charge in [-0.1, -0.05) is 5.16 Å². The second-order valence-electron chi connectivity index (χ2n) is 7.90. The molecule has 0 radical (unpaired) electrons. The molecule has 2 aliphatic rings. The number of aryl methyl sites for hydroxylation is 1. The third-order valence-electron chi connectivity index (χ3n) is 5.64. The molecule has 1 saturated carbocycles. The van der Waals surface area contributed by atoms with Crippen LogP contribution in [0.2, 0.25) is 0 Å². The first kappa shape index (κ1) is 17.9. The summed E-state index contributed by atoms with van der Waals surface area (Å²) in [5.74, 6) is 1.84. The third-order valence-corrected chi connectivity index (χ3v) is 5.64. The lowest BCUT2D eigenvalue weighted by atomic mass is 9.94. The van der Waals surface area contributed by atoms with Crippen molar-refractivity contribution in [3.63, 3.8) is 0 Å². The summed E-state index contributed by atoms with van der Waals surface area (Å²) >= 11 is 0. The average molecular weight is 369 g/mol. The van der Waals surface area contributed by atoms with Gasteiger partial charge in [-0.3, -0.25) is 4.79 Å². The molecule has 0 spiro atoms. The summed E-state index contributed by atoms with van der Waals surface area (Å²) in [5, 5.41) is 4.11. The van der Waals surface area contributed by atoms with Crippen LogP contribution in [0.3, 0.4) is 0 Å². The Morgan fingerprint density at radius 2 is 2.00 bits per heavy atom. The second-order valence-corrected chi connectivity index (χ2v) is 7.90. The molecule has 7 nitrogen and oxygen atoms in total. The van der Waals surface area contributed by atoms with Crippen molar-refractivity contribution < 1.29 is 9.32 Å². The highest BCUT2D eigenvalue weighted by Crippen LogP contribution is 2.41. The van der Waals surface area contributed by atoms with Gasteiger partial charge in [0.2, 0.25) is 11.9 Å². The maximum atomic E-state index is 12.9. The van der Waals surface area contributed by atoms with Gasteiger partial charge in [-0.15, -0.1) is 0 Å². The maximum absolute atomic E-state index is 12.9. The van der Waals surface area contributed by atoms with E-state index < -0.39 is 0 Å². The van der Waals surface area contributed by atoms with Crippen molar-refractivity contribution in [3.05, 3.63) is 23.1 Å². The fourth-order valence-corrected chi connectivity index (χ4v) is 3.74. The first-order valence-electron chi connectivity index (χ1n) is 9.75. The standard InChI is InChI=1S/C20H27N5O2/c1-12-13(2)23-27-18(12)15-11-21-20(24(3)4)22-17(15)16-7-5-6-10-25(16)19(26)14-8-9-14/h11,14,16H,5-10H2,1-4H3/t16-/m1/s1. The molecule has 1 atom stereocenters. The number of carbonyl (C=O) groups is 1. The lowest BCUT2D eigenvalue weighted by Crippen LogP contribution is -2.40. The Morgan fingerprint density at radius 1 is 1.22 bits per heavy atom. The van der Waals surface area contributed by atoms with E-state index in [2.05, 4.69) is 10.1 Å². The zero-order valence-corrected chi connectivity index (χ0v) is 16.5. The molecule has 0 bridgehead atoms. The smallest absolute Gasteiger partial charge is 0.226 e. The van der Waals surface area contributed by atoms with Gasteiger partial charge in [0.15, 0.2) is 5.76 Å². The fourth-order valence-electron chi connectivity index (χ4n) is 3.74. The van der Waals surface area contributed by atoms with E-state index >= 15 is 0 Å². The van der Waals surface area contributed by atoms with E-state index in [1.165, 1.54) is 0 Å². The molecule has 0 N–H and O–H groups in total. The van der Waals surface area contributed by atoms with E-state index in [-0.39, 0.29) is 17.9 Å². The predicted molar refractivity (Wildman–Crippen MR) is 102 cm³/mol. The van der Waals surface area contributed by atoms with Crippen molar-refractivity contribution in [1.29, 1.82) is 0 Å². The molecule has 1 saturated heterocycles. The molecule has 1 aliphatic heterocycles. The number of nitrogens with zero attached hydrogens (tertiary/aromatic N) is 5. The van der Waals surface area contributed by atoms with Crippen LogP contribution < -0.4 is 4.90 Å². The number of hydrogen-bond acceptors (Lipinski definition) is 6. The van der Waals surface area contributed by atoms with Crippen LogP contribution in [-0.4, -0.2) is 46.6 Å². The minimum atomic E-state index is -0.0339. The molecule has 27 heavy (non-hydrogen) atoms. The maximum Gasteiger partial charge on any atom is 0.226 e.